The molecular formula is C23H42Cl4N6O4. The van der Waals surface area contributed by atoms with Crippen molar-refractivity contribution in [3.8, 4) is 5.75 Å². The number of hydrogen-bond acceptors (Lipinski definition) is 6. The molecule has 0 amide bonds. The second-order valence-electron chi connectivity index (χ2n) is 8.58. The molecule has 2 aromatic heterocycles. The Morgan fingerprint density at radius 1 is 1.00 bits per heavy atom. The fourth-order valence-electron chi connectivity index (χ4n) is 4.28. The van der Waals surface area contributed by atoms with Gasteiger partial charge in [-0.3, -0.25) is 4.98 Å². The van der Waals surface area contributed by atoms with E-state index >= 15 is 0 Å². The predicted octanol–water partition coefficient (Wildman–Crippen LogP) is 2.24. The van der Waals surface area contributed by atoms with Crippen LogP contribution in [0.15, 0.2) is 30.3 Å². The number of aromatic nitrogens is 3. The van der Waals surface area contributed by atoms with Crippen LogP contribution in [0.2, 0.25) is 0 Å². The van der Waals surface area contributed by atoms with Crippen LogP contribution >= 0.6 is 49.6 Å². The van der Waals surface area contributed by atoms with Gasteiger partial charge in [0, 0.05) is 37.4 Å². The number of para-hydroxylation sites is 1. The van der Waals surface area contributed by atoms with Crippen LogP contribution in [0.3, 0.4) is 0 Å². The van der Waals surface area contributed by atoms with E-state index in [9.17, 15) is 5.11 Å². The topological polar surface area (TPSA) is 187 Å². The van der Waals surface area contributed by atoms with Gasteiger partial charge in [0.15, 0.2) is 0 Å². The zero-order chi connectivity index (χ0) is 21.3. The van der Waals surface area contributed by atoms with Crippen molar-refractivity contribution >= 4 is 66.6 Å². The van der Waals surface area contributed by atoms with Gasteiger partial charge in [-0.1, -0.05) is 12.1 Å². The van der Waals surface area contributed by atoms with Gasteiger partial charge in [0.05, 0.1) is 17.6 Å². The van der Waals surface area contributed by atoms with Crippen LogP contribution in [-0.2, 0) is 6.54 Å². The second kappa shape index (κ2) is 18.6. The molecule has 1 aliphatic heterocycles. The number of pyridine rings is 1. The molecule has 1 aliphatic rings. The van der Waals surface area contributed by atoms with Crippen LogP contribution in [0.1, 0.15) is 36.7 Å². The number of fused-ring (bicyclic) bond motifs is 1. The summed E-state index contributed by atoms with van der Waals surface area (Å²) < 4.78 is 2.14. The molecule has 0 spiro atoms. The lowest BCUT2D eigenvalue weighted by molar-refractivity contribution is 0.210. The standard InChI is InChI=1S/C23H32N6O.4ClH.3H2O/c1-15-5-4-6-20-22(15)27-23(26-18-9-11-28(12-10-18)13-16(2)24)29(20)14-19-21(30)8-7-17(3)25-19;;;;;;;/h4-8,16,18,30H,9-14,24H2,1-3H3,(H,26,27);4*1H;3*1H2. The number of nitrogens with two attached hydrogens (primary N) is 1. The summed E-state index contributed by atoms with van der Waals surface area (Å²) in [6.07, 6.45) is 2.12. The Bertz CT molecular complexity index is 1050. The Balaban J connectivity index is -0.000000778. The van der Waals surface area contributed by atoms with Gasteiger partial charge < -0.3 is 42.1 Å². The van der Waals surface area contributed by atoms with Crippen LogP contribution in [0.5, 0.6) is 5.75 Å². The maximum absolute atomic E-state index is 10.3. The molecule has 10 nitrogen and oxygen atoms in total. The zero-order valence-electron chi connectivity index (χ0n) is 21.2. The van der Waals surface area contributed by atoms with Gasteiger partial charge in [0.2, 0.25) is 5.95 Å². The quantitative estimate of drug-likeness (QED) is 0.385. The molecule has 216 valence electrons. The first-order chi connectivity index (χ1) is 14.4. The predicted molar refractivity (Wildman–Crippen MR) is 161 cm³/mol. The number of aromatic hydroxyl groups is 1. The average molecular weight is 608 g/mol. The van der Waals surface area contributed by atoms with Crippen molar-refractivity contribution in [1.82, 2.24) is 19.4 Å². The van der Waals surface area contributed by atoms with Crippen LogP contribution in [-0.4, -0.2) is 72.7 Å². The van der Waals surface area contributed by atoms with E-state index in [0.717, 1.165) is 60.7 Å². The van der Waals surface area contributed by atoms with Gasteiger partial charge in [-0.05, 0) is 57.4 Å². The molecule has 3 aromatic rings. The van der Waals surface area contributed by atoms with Crippen LogP contribution < -0.4 is 11.1 Å². The molecular weight excluding hydrogens is 566 g/mol. The Morgan fingerprint density at radius 3 is 2.22 bits per heavy atom. The number of aryl methyl sites for hydroxylation is 2. The molecule has 1 aromatic carbocycles. The molecule has 0 aliphatic carbocycles. The SMILES string of the molecule is Cc1ccc(O)c(Cn2c(NC3CCN(CC(C)N)CC3)nc3c(C)cccc32)n1.Cl.Cl.Cl.Cl.O.O.O. The number of nitrogens with zero attached hydrogens (tertiary/aromatic N) is 4. The van der Waals surface area contributed by atoms with E-state index in [-0.39, 0.29) is 77.8 Å². The number of nitrogens with one attached hydrogen (secondary N) is 1. The third-order valence-corrected chi connectivity index (χ3v) is 5.84. The Hall–Kier alpha value is -1.60. The smallest absolute Gasteiger partial charge is 0.204 e. The van der Waals surface area contributed by atoms with Crippen molar-refractivity contribution in [1.29, 1.82) is 0 Å². The van der Waals surface area contributed by atoms with Crippen molar-refractivity contribution in [2.75, 3.05) is 25.0 Å². The summed E-state index contributed by atoms with van der Waals surface area (Å²) in [6, 6.07) is 10.3. The molecule has 3 heterocycles. The van der Waals surface area contributed by atoms with Gasteiger partial charge in [-0.25, -0.2) is 4.98 Å². The lowest BCUT2D eigenvalue weighted by Gasteiger charge is -2.33. The Labute approximate surface area is 243 Å². The van der Waals surface area contributed by atoms with Crippen LogP contribution in [0.25, 0.3) is 11.0 Å². The highest BCUT2D eigenvalue weighted by Gasteiger charge is 2.22. The monoisotopic (exact) mass is 606 g/mol. The fraction of sp³-hybridized carbons (Fsp3) is 0.478. The summed E-state index contributed by atoms with van der Waals surface area (Å²) >= 11 is 0. The maximum atomic E-state index is 10.3. The highest BCUT2D eigenvalue weighted by Crippen LogP contribution is 2.27. The van der Waals surface area contributed by atoms with Gasteiger partial charge >= 0.3 is 0 Å². The second-order valence-corrected chi connectivity index (χ2v) is 8.58. The molecule has 14 heteroatoms. The number of halogens is 4. The summed E-state index contributed by atoms with van der Waals surface area (Å²) in [5, 5.41) is 14.0. The third-order valence-electron chi connectivity index (χ3n) is 5.84. The van der Waals surface area contributed by atoms with E-state index in [2.05, 4.69) is 51.8 Å². The van der Waals surface area contributed by atoms with Crippen molar-refractivity contribution in [3.63, 3.8) is 0 Å². The van der Waals surface area contributed by atoms with E-state index in [0.29, 0.717) is 18.3 Å². The summed E-state index contributed by atoms with van der Waals surface area (Å²) in [4.78, 5) is 11.9. The van der Waals surface area contributed by atoms with Crippen LogP contribution in [0.4, 0.5) is 5.95 Å². The molecule has 0 radical (unpaired) electrons. The first kappa shape index (κ1) is 42.5. The molecule has 1 unspecified atom stereocenters. The van der Waals surface area contributed by atoms with Crippen molar-refractivity contribution in [2.24, 2.45) is 5.73 Å². The van der Waals surface area contributed by atoms with Gasteiger partial charge in [-0.15, -0.1) is 49.6 Å². The third kappa shape index (κ3) is 10.2. The molecule has 1 saturated heterocycles. The van der Waals surface area contributed by atoms with Crippen molar-refractivity contribution in [2.45, 2.75) is 52.2 Å². The largest absolute Gasteiger partial charge is 0.506 e. The lowest BCUT2D eigenvalue weighted by atomic mass is 10.0. The van der Waals surface area contributed by atoms with Crippen LogP contribution in [0, 0.1) is 13.8 Å². The summed E-state index contributed by atoms with van der Waals surface area (Å²) in [7, 11) is 0. The van der Waals surface area contributed by atoms with E-state index in [4.69, 9.17) is 10.7 Å². The number of benzene rings is 1. The fourth-order valence-corrected chi connectivity index (χ4v) is 4.28. The lowest BCUT2D eigenvalue weighted by Crippen LogP contribution is -2.44. The number of likely N-dealkylation sites (tertiary alicyclic amines) is 1. The minimum Gasteiger partial charge on any atom is -0.506 e. The molecule has 10 N–H and O–H groups in total. The number of hydrogen-bond donors (Lipinski definition) is 3. The number of imidazole rings is 1. The van der Waals surface area contributed by atoms with E-state index in [1.165, 1.54) is 0 Å². The number of rotatable bonds is 6. The minimum absolute atomic E-state index is 0. The number of anilines is 1. The number of piperidine rings is 1. The maximum Gasteiger partial charge on any atom is 0.204 e. The first-order valence-electron chi connectivity index (χ1n) is 10.8. The highest BCUT2D eigenvalue weighted by molar-refractivity contribution is 5.86. The van der Waals surface area contributed by atoms with Gasteiger partial charge in [0.25, 0.3) is 0 Å². The first-order valence-corrected chi connectivity index (χ1v) is 10.8. The molecule has 1 atom stereocenters. The summed E-state index contributed by atoms with van der Waals surface area (Å²) in [5.74, 6) is 1.05. The molecule has 37 heavy (non-hydrogen) atoms. The van der Waals surface area contributed by atoms with E-state index in [1.54, 1.807) is 6.07 Å². The highest BCUT2D eigenvalue weighted by atomic mass is 35.5. The average Bonchev–Trinajstić information content (AvgIpc) is 3.04. The molecule has 0 saturated carbocycles. The molecule has 0 bridgehead atoms. The summed E-state index contributed by atoms with van der Waals surface area (Å²) in [5.41, 5.74) is 10.7. The minimum atomic E-state index is 0. The van der Waals surface area contributed by atoms with Crippen molar-refractivity contribution in [3.05, 3.63) is 47.3 Å². The van der Waals surface area contributed by atoms with Gasteiger partial charge in [0.1, 0.15) is 11.4 Å². The van der Waals surface area contributed by atoms with E-state index < -0.39 is 0 Å². The molecule has 4 rings (SSSR count). The Kier molecular flexibility index (Phi) is 21.4. The molecule has 1 fully saturated rings. The Morgan fingerprint density at radius 2 is 1.62 bits per heavy atom. The normalized spacial score (nSPS) is 13.6. The van der Waals surface area contributed by atoms with E-state index in [1.807, 2.05) is 13.0 Å². The zero-order valence-corrected chi connectivity index (χ0v) is 24.5. The summed E-state index contributed by atoms with van der Waals surface area (Å²) in [6.45, 7) is 9.58. The van der Waals surface area contributed by atoms with Gasteiger partial charge in [-0.2, -0.15) is 0 Å². The van der Waals surface area contributed by atoms with Crippen molar-refractivity contribution < 1.29 is 21.5 Å².